The van der Waals surface area contributed by atoms with E-state index in [0.29, 0.717) is 18.7 Å². The summed E-state index contributed by atoms with van der Waals surface area (Å²) in [6, 6.07) is 13.0. The first-order valence-corrected chi connectivity index (χ1v) is 14.0. The molecule has 0 fully saturated rings. The first-order valence-electron chi connectivity index (χ1n) is 14.0. The van der Waals surface area contributed by atoms with E-state index in [-0.39, 0.29) is 5.91 Å². The topological polar surface area (TPSA) is 70.7 Å². The molecular weight excluding hydrogens is 474 g/mol. The van der Waals surface area contributed by atoms with E-state index in [4.69, 9.17) is 4.74 Å². The van der Waals surface area contributed by atoms with Gasteiger partial charge in [-0.2, -0.15) is 0 Å². The van der Waals surface area contributed by atoms with Gasteiger partial charge in [-0.3, -0.25) is 4.79 Å². The zero-order valence-electron chi connectivity index (χ0n) is 23.7. The van der Waals surface area contributed by atoms with Crippen LogP contribution in [0.3, 0.4) is 0 Å². The van der Waals surface area contributed by atoms with Crippen LogP contribution >= 0.6 is 0 Å². The molecule has 2 aromatic carbocycles. The fourth-order valence-corrected chi connectivity index (χ4v) is 5.47. The molecule has 2 amide bonds. The Labute approximate surface area is 227 Å². The average Bonchev–Trinajstić information content (AvgIpc) is 3.00. The first-order chi connectivity index (χ1) is 18.1. The quantitative estimate of drug-likeness (QED) is 0.475. The van der Waals surface area contributed by atoms with Crippen LogP contribution in [0.2, 0.25) is 0 Å². The molecule has 0 spiro atoms. The molecule has 0 heterocycles. The van der Waals surface area contributed by atoms with E-state index in [2.05, 4.69) is 60.0 Å². The second kappa shape index (κ2) is 12.2. The minimum atomic E-state index is -0.551. The van der Waals surface area contributed by atoms with E-state index in [0.717, 1.165) is 38.6 Å². The molecule has 2 aliphatic rings. The predicted molar refractivity (Wildman–Crippen MR) is 154 cm³/mol. The summed E-state index contributed by atoms with van der Waals surface area (Å²) in [5.74, 6) is -0.127. The number of fused-ring (bicyclic) bond motifs is 2. The zero-order chi connectivity index (χ0) is 27.3. The summed E-state index contributed by atoms with van der Waals surface area (Å²) in [4.78, 5) is 27.3. The van der Waals surface area contributed by atoms with Gasteiger partial charge in [-0.05, 0) is 125 Å². The molecule has 204 valence electrons. The Morgan fingerprint density at radius 3 is 2.32 bits per heavy atom. The van der Waals surface area contributed by atoms with Crippen LogP contribution < -0.4 is 10.6 Å². The SMILES string of the molecule is CN(C)CC/C1=C2\c3cc(C(=O)NCCNC(=O)OC(C)(C)C)ccc3CCc3cccc(c32)CCCC1. The fraction of sp³-hybridized carbons (Fsp3) is 0.500. The molecule has 2 aromatic rings. The molecule has 0 aliphatic heterocycles. The van der Waals surface area contributed by atoms with E-state index in [1.54, 1.807) is 0 Å². The predicted octanol–water partition coefficient (Wildman–Crippen LogP) is 5.52. The molecule has 0 atom stereocenters. The van der Waals surface area contributed by atoms with Gasteiger partial charge in [-0.1, -0.05) is 29.8 Å². The van der Waals surface area contributed by atoms with Crippen molar-refractivity contribution in [3.05, 3.63) is 75.4 Å². The summed E-state index contributed by atoms with van der Waals surface area (Å²) in [6.45, 7) is 7.12. The van der Waals surface area contributed by atoms with Crippen molar-refractivity contribution in [3.8, 4) is 0 Å². The van der Waals surface area contributed by atoms with Gasteiger partial charge in [0.15, 0.2) is 0 Å². The largest absolute Gasteiger partial charge is 0.444 e. The third kappa shape index (κ3) is 7.04. The lowest BCUT2D eigenvalue weighted by molar-refractivity contribution is 0.0526. The molecule has 2 aliphatic carbocycles. The summed E-state index contributed by atoms with van der Waals surface area (Å²) in [6.07, 6.45) is 7.14. The zero-order valence-corrected chi connectivity index (χ0v) is 23.7. The lowest BCUT2D eigenvalue weighted by Gasteiger charge is -2.25. The smallest absolute Gasteiger partial charge is 0.407 e. The van der Waals surface area contributed by atoms with Crippen LogP contribution in [-0.2, 0) is 24.0 Å². The maximum absolute atomic E-state index is 13.2. The minimum Gasteiger partial charge on any atom is -0.444 e. The van der Waals surface area contributed by atoms with Crippen molar-refractivity contribution in [1.29, 1.82) is 0 Å². The van der Waals surface area contributed by atoms with Gasteiger partial charge < -0.3 is 20.3 Å². The summed E-state index contributed by atoms with van der Waals surface area (Å²) < 4.78 is 5.26. The number of rotatable bonds is 7. The molecular formula is C32H43N3O3. The van der Waals surface area contributed by atoms with E-state index < -0.39 is 11.7 Å². The molecule has 0 bridgehead atoms. The first kappa shape index (κ1) is 27.9. The molecule has 0 saturated carbocycles. The maximum Gasteiger partial charge on any atom is 0.407 e. The molecule has 0 unspecified atom stereocenters. The van der Waals surface area contributed by atoms with E-state index in [1.165, 1.54) is 51.8 Å². The number of amides is 2. The monoisotopic (exact) mass is 517 g/mol. The highest BCUT2D eigenvalue weighted by atomic mass is 16.6. The molecule has 0 saturated heterocycles. The minimum absolute atomic E-state index is 0.127. The number of hydrogen-bond donors (Lipinski definition) is 2. The van der Waals surface area contributed by atoms with Gasteiger partial charge in [-0.15, -0.1) is 0 Å². The number of ether oxygens (including phenoxy) is 1. The highest BCUT2D eigenvalue weighted by Gasteiger charge is 2.26. The van der Waals surface area contributed by atoms with Crippen LogP contribution in [0.15, 0.2) is 42.0 Å². The van der Waals surface area contributed by atoms with Crippen molar-refractivity contribution in [2.45, 2.75) is 71.3 Å². The standard InChI is InChI=1S/C32H43N3O3/c1-32(2,3)38-31(37)34-19-18-33-30(36)26-16-14-22-13-15-24-12-8-11-23-9-6-7-10-25(17-20-35(4)5)29(28(23)24)27(22)21-26/h8,11-12,14,16,21H,6-7,9-10,13,15,17-20H2,1-5H3,(H,33,36)(H,34,37)/b29-25+. The molecule has 6 heteroatoms. The van der Waals surface area contributed by atoms with E-state index >= 15 is 0 Å². The summed E-state index contributed by atoms with van der Waals surface area (Å²) >= 11 is 0. The normalized spacial score (nSPS) is 17.0. The number of aryl methyl sites for hydroxylation is 3. The lowest BCUT2D eigenvalue weighted by atomic mass is 9.81. The third-order valence-electron chi connectivity index (χ3n) is 7.26. The Hall–Kier alpha value is -3.12. The maximum atomic E-state index is 13.2. The second-order valence-electron chi connectivity index (χ2n) is 11.7. The summed E-state index contributed by atoms with van der Waals surface area (Å²) in [5, 5.41) is 5.66. The summed E-state index contributed by atoms with van der Waals surface area (Å²) in [7, 11) is 4.27. The summed E-state index contributed by atoms with van der Waals surface area (Å²) in [5.41, 5.74) is 9.79. The van der Waals surface area contributed by atoms with E-state index in [9.17, 15) is 9.59 Å². The molecule has 38 heavy (non-hydrogen) atoms. The van der Waals surface area contributed by atoms with Gasteiger partial charge in [0.05, 0.1) is 0 Å². The Kier molecular flexibility index (Phi) is 8.93. The van der Waals surface area contributed by atoms with Crippen LogP contribution in [0, 0.1) is 0 Å². The molecule has 6 nitrogen and oxygen atoms in total. The average molecular weight is 518 g/mol. The number of hydrogen-bond acceptors (Lipinski definition) is 4. The Morgan fingerprint density at radius 1 is 0.895 bits per heavy atom. The Bertz CT molecular complexity index is 1210. The molecule has 2 N–H and O–H groups in total. The van der Waals surface area contributed by atoms with Gasteiger partial charge in [0.1, 0.15) is 5.60 Å². The van der Waals surface area contributed by atoms with Crippen molar-refractivity contribution in [1.82, 2.24) is 15.5 Å². The van der Waals surface area contributed by atoms with Crippen molar-refractivity contribution in [3.63, 3.8) is 0 Å². The molecule has 0 aromatic heterocycles. The van der Waals surface area contributed by atoms with Gasteiger partial charge in [0, 0.05) is 25.2 Å². The number of nitrogens with one attached hydrogen (secondary N) is 2. The Balaban J connectivity index is 1.62. The van der Waals surface area contributed by atoms with Gasteiger partial charge >= 0.3 is 6.09 Å². The molecule has 4 rings (SSSR count). The number of alkyl carbamates (subject to hydrolysis) is 1. The lowest BCUT2D eigenvalue weighted by Crippen LogP contribution is -2.37. The van der Waals surface area contributed by atoms with Crippen molar-refractivity contribution < 1.29 is 14.3 Å². The van der Waals surface area contributed by atoms with Crippen LogP contribution in [0.4, 0.5) is 4.79 Å². The van der Waals surface area contributed by atoms with Crippen LogP contribution in [0.25, 0.3) is 5.57 Å². The van der Waals surface area contributed by atoms with Crippen molar-refractivity contribution in [2.75, 3.05) is 33.7 Å². The Morgan fingerprint density at radius 2 is 1.58 bits per heavy atom. The number of carbonyl (C=O) groups is 2. The third-order valence-corrected chi connectivity index (χ3v) is 7.26. The van der Waals surface area contributed by atoms with Crippen LogP contribution in [0.1, 0.15) is 84.6 Å². The van der Waals surface area contributed by atoms with Gasteiger partial charge in [0.2, 0.25) is 0 Å². The highest BCUT2D eigenvalue weighted by molar-refractivity contribution is 5.97. The van der Waals surface area contributed by atoms with Gasteiger partial charge in [-0.25, -0.2) is 4.79 Å². The second-order valence-corrected chi connectivity index (χ2v) is 11.7. The number of carbonyl (C=O) groups excluding carboxylic acids is 2. The van der Waals surface area contributed by atoms with Crippen molar-refractivity contribution in [2.24, 2.45) is 0 Å². The van der Waals surface area contributed by atoms with Gasteiger partial charge in [0.25, 0.3) is 5.91 Å². The van der Waals surface area contributed by atoms with Crippen molar-refractivity contribution >= 4 is 17.6 Å². The number of benzene rings is 2. The van der Waals surface area contributed by atoms with Crippen LogP contribution in [-0.4, -0.2) is 56.2 Å². The number of nitrogens with zero attached hydrogens (tertiary/aromatic N) is 1. The molecule has 0 radical (unpaired) electrons. The fourth-order valence-electron chi connectivity index (χ4n) is 5.47. The highest BCUT2D eigenvalue weighted by Crippen LogP contribution is 2.41. The van der Waals surface area contributed by atoms with Crippen LogP contribution in [0.5, 0.6) is 0 Å². The van der Waals surface area contributed by atoms with E-state index in [1.807, 2.05) is 26.8 Å².